The minimum absolute atomic E-state index is 0.212. The lowest BCUT2D eigenvalue weighted by molar-refractivity contribution is -0.438. The number of anilines is 1. The van der Waals surface area contributed by atoms with E-state index in [1.807, 2.05) is 30.3 Å². The minimum Gasteiger partial charge on any atom is -0.871 e. The van der Waals surface area contributed by atoms with E-state index in [2.05, 4.69) is 44.1 Å². The van der Waals surface area contributed by atoms with E-state index in [1.54, 1.807) is 18.2 Å². The molecule has 0 atom stereocenters. The number of carboxylic acid groups (broad SMARTS) is 1. The Kier molecular flexibility index (Phi) is 13.7. The molecule has 0 saturated heterocycles. The van der Waals surface area contributed by atoms with E-state index < -0.39 is 11.4 Å². The SMILES string of the molecule is CCCCCCCCCCCC[N+]1=C(/C=C2\C(=O)C(c3ccc(N(CCCC)CCCC)cc3)=C2[O-])C(C)(C)c2cc(C(=O)O)ccc21. The molecule has 2 aliphatic rings. The summed E-state index contributed by atoms with van der Waals surface area (Å²) in [6.45, 7) is 13.5. The highest BCUT2D eigenvalue weighted by Crippen LogP contribution is 2.43. The van der Waals surface area contributed by atoms with Crippen LogP contribution >= 0.6 is 0 Å². The molecular formula is C42H58N2O4. The molecule has 4 rings (SSSR count). The molecule has 0 aromatic heterocycles. The van der Waals surface area contributed by atoms with E-state index in [0.29, 0.717) is 5.56 Å². The fourth-order valence-electron chi connectivity index (χ4n) is 7.12. The average Bonchev–Trinajstić information content (AvgIpc) is 3.29. The second kappa shape index (κ2) is 17.6. The molecule has 0 saturated carbocycles. The van der Waals surface area contributed by atoms with Crippen molar-refractivity contribution in [2.24, 2.45) is 0 Å². The van der Waals surface area contributed by atoms with Gasteiger partial charge in [0.2, 0.25) is 5.69 Å². The van der Waals surface area contributed by atoms with Gasteiger partial charge in [0, 0.05) is 54.0 Å². The van der Waals surface area contributed by atoms with Crippen molar-refractivity contribution in [1.82, 2.24) is 0 Å². The summed E-state index contributed by atoms with van der Waals surface area (Å²) >= 11 is 0. The predicted molar refractivity (Wildman–Crippen MR) is 197 cm³/mol. The van der Waals surface area contributed by atoms with Crippen molar-refractivity contribution in [2.75, 3.05) is 24.5 Å². The first-order chi connectivity index (χ1) is 23.1. The molecule has 1 aliphatic heterocycles. The van der Waals surface area contributed by atoms with Gasteiger partial charge in [-0.2, -0.15) is 4.58 Å². The van der Waals surface area contributed by atoms with Gasteiger partial charge < -0.3 is 15.1 Å². The van der Waals surface area contributed by atoms with Crippen LogP contribution in [0.4, 0.5) is 11.4 Å². The molecule has 0 fully saturated rings. The largest absolute Gasteiger partial charge is 0.871 e. The van der Waals surface area contributed by atoms with Crippen LogP contribution in [0.1, 0.15) is 146 Å². The number of nitrogens with zero attached hydrogens (tertiary/aromatic N) is 2. The maximum atomic E-state index is 13.6. The number of benzene rings is 2. The lowest BCUT2D eigenvalue weighted by Gasteiger charge is -2.31. The quantitative estimate of drug-likeness (QED) is 0.0824. The molecular weight excluding hydrogens is 596 g/mol. The van der Waals surface area contributed by atoms with Crippen molar-refractivity contribution < 1.29 is 24.4 Å². The summed E-state index contributed by atoms with van der Waals surface area (Å²) in [4.78, 5) is 27.8. The van der Waals surface area contributed by atoms with Crippen molar-refractivity contribution in [3.8, 4) is 0 Å². The first-order valence-electron chi connectivity index (χ1n) is 18.7. The Balaban J connectivity index is 1.55. The summed E-state index contributed by atoms with van der Waals surface area (Å²) in [5.41, 5.74) is 4.69. The summed E-state index contributed by atoms with van der Waals surface area (Å²) < 4.78 is 2.22. The van der Waals surface area contributed by atoms with Gasteiger partial charge in [0.05, 0.1) is 11.0 Å². The Morgan fingerprint density at radius 3 is 1.92 bits per heavy atom. The van der Waals surface area contributed by atoms with Crippen LogP contribution in [0, 0.1) is 0 Å². The first kappa shape index (κ1) is 37.2. The van der Waals surface area contributed by atoms with Gasteiger partial charge in [-0.25, -0.2) is 4.79 Å². The molecule has 2 aromatic carbocycles. The fourth-order valence-corrected chi connectivity index (χ4v) is 7.12. The highest BCUT2D eigenvalue weighted by molar-refractivity contribution is 6.40. The third-order valence-electron chi connectivity index (χ3n) is 10.2. The van der Waals surface area contributed by atoms with E-state index in [9.17, 15) is 19.8 Å². The van der Waals surface area contributed by atoms with Gasteiger partial charge in [-0.15, -0.1) is 0 Å². The molecule has 6 nitrogen and oxygen atoms in total. The Morgan fingerprint density at radius 1 is 0.812 bits per heavy atom. The van der Waals surface area contributed by atoms with E-state index >= 15 is 0 Å². The van der Waals surface area contributed by atoms with Gasteiger partial charge in [0.15, 0.2) is 11.5 Å². The molecule has 1 N–H and O–H groups in total. The number of Topliss-reactive ketones (excluding diaryl/α,β-unsaturated/α-hetero) is 1. The van der Waals surface area contributed by atoms with E-state index in [4.69, 9.17) is 0 Å². The zero-order chi connectivity index (χ0) is 34.7. The Hall–Kier alpha value is -3.67. The van der Waals surface area contributed by atoms with Crippen LogP contribution in [0.5, 0.6) is 0 Å². The first-order valence-corrected chi connectivity index (χ1v) is 18.7. The van der Waals surface area contributed by atoms with Crippen molar-refractivity contribution in [3.05, 3.63) is 76.6 Å². The lowest BCUT2D eigenvalue weighted by atomic mass is 9.77. The van der Waals surface area contributed by atoms with Gasteiger partial charge in [0.1, 0.15) is 6.54 Å². The van der Waals surface area contributed by atoms with Crippen LogP contribution in [0.25, 0.3) is 5.57 Å². The van der Waals surface area contributed by atoms with E-state index in [0.717, 1.165) is 80.8 Å². The number of carbonyl (C=O) groups excluding carboxylic acids is 1. The van der Waals surface area contributed by atoms with Gasteiger partial charge in [-0.05, 0) is 62.9 Å². The van der Waals surface area contributed by atoms with Gasteiger partial charge in [0.25, 0.3) is 0 Å². The molecule has 0 spiro atoms. The number of aromatic carboxylic acids is 1. The molecule has 0 amide bonds. The van der Waals surface area contributed by atoms with Crippen LogP contribution in [0.3, 0.4) is 0 Å². The van der Waals surface area contributed by atoms with Crippen molar-refractivity contribution in [3.63, 3.8) is 0 Å². The third kappa shape index (κ3) is 8.67. The molecule has 260 valence electrons. The summed E-state index contributed by atoms with van der Waals surface area (Å²) in [7, 11) is 0. The molecule has 6 heteroatoms. The maximum absolute atomic E-state index is 13.6. The van der Waals surface area contributed by atoms with Gasteiger partial charge in [-0.3, -0.25) is 4.79 Å². The third-order valence-corrected chi connectivity index (χ3v) is 10.2. The summed E-state index contributed by atoms with van der Waals surface area (Å²) in [6.07, 6.45) is 18.7. The number of ketones is 1. The lowest BCUT2D eigenvalue weighted by Crippen LogP contribution is -2.34. The van der Waals surface area contributed by atoms with Gasteiger partial charge in [-0.1, -0.05) is 103 Å². The number of carbonyl (C=O) groups is 2. The number of hydrogen-bond acceptors (Lipinski definition) is 4. The Bertz CT molecular complexity index is 1500. The second-order valence-electron chi connectivity index (χ2n) is 14.2. The van der Waals surface area contributed by atoms with Crippen LogP contribution in [0.2, 0.25) is 0 Å². The predicted octanol–water partition coefficient (Wildman–Crippen LogP) is 9.37. The number of fused-ring (bicyclic) bond motifs is 1. The smallest absolute Gasteiger partial charge is 0.335 e. The summed E-state index contributed by atoms with van der Waals surface area (Å²) in [5, 5.41) is 23.3. The monoisotopic (exact) mass is 654 g/mol. The molecule has 0 radical (unpaired) electrons. The van der Waals surface area contributed by atoms with Crippen LogP contribution in [-0.4, -0.2) is 46.8 Å². The number of carboxylic acids is 1. The summed E-state index contributed by atoms with van der Waals surface area (Å²) in [6, 6.07) is 13.2. The van der Waals surface area contributed by atoms with Crippen molar-refractivity contribution >= 4 is 34.4 Å². The van der Waals surface area contributed by atoms with Crippen molar-refractivity contribution in [2.45, 2.75) is 130 Å². The van der Waals surface area contributed by atoms with Crippen LogP contribution in [-0.2, 0) is 10.2 Å². The fraction of sp³-hybridized carbons (Fsp3) is 0.548. The molecule has 1 heterocycles. The van der Waals surface area contributed by atoms with E-state index in [1.165, 1.54) is 51.4 Å². The molecule has 2 aromatic rings. The topological polar surface area (TPSA) is 83.7 Å². The molecule has 1 aliphatic carbocycles. The summed E-state index contributed by atoms with van der Waals surface area (Å²) in [5.74, 6) is -1.40. The van der Waals surface area contributed by atoms with Crippen LogP contribution in [0.15, 0.2) is 59.9 Å². The van der Waals surface area contributed by atoms with Crippen molar-refractivity contribution in [1.29, 1.82) is 0 Å². The second-order valence-corrected chi connectivity index (χ2v) is 14.2. The average molecular weight is 655 g/mol. The number of rotatable bonds is 21. The number of allylic oxidation sites excluding steroid dienone is 3. The molecule has 0 unspecified atom stereocenters. The Labute approximate surface area is 289 Å². The number of hydrogen-bond donors (Lipinski definition) is 1. The maximum Gasteiger partial charge on any atom is 0.335 e. The molecule has 0 bridgehead atoms. The highest BCUT2D eigenvalue weighted by Gasteiger charge is 2.46. The normalized spacial score (nSPS) is 16.1. The van der Waals surface area contributed by atoms with Crippen LogP contribution < -0.4 is 10.0 Å². The zero-order valence-electron chi connectivity index (χ0n) is 30.2. The minimum atomic E-state index is -0.963. The number of unbranched alkanes of at least 4 members (excludes halogenated alkanes) is 11. The molecule has 48 heavy (non-hydrogen) atoms. The Morgan fingerprint density at radius 2 is 1.38 bits per heavy atom. The van der Waals surface area contributed by atoms with E-state index in [-0.39, 0.29) is 28.3 Å². The van der Waals surface area contributed by atoms with Gasteiger partial charge >= 0.3 is 5.97 Å². The highest BCUT2D eigenvalue weighted by atomic mass is 16.4. The standard InChI is InChI=1S/C42H58N2O4/c1-6-9-12-13-14-15-16-17-18-19-28-44-36-25-22-32(41(47)48)29-35(36)42(4,5)37(44)30-34-39(45)38(40(34)46)31-20-23-33(24-21-31)43(26-10-7-2)27-11-8-3/h20-25,29-30H,6-19,26-28H2,1-5H3,(H-,45,46,47,48). The zero-order valence-corrected chi connectivity index (χ0v) is 30.2.